The summed E-state index contributed by atoms with van der Waals surface area (Å²) < 4.78 is 1.96. The molecule has 1 aromatic rings. The number of nitriles is 1. The molecule has 1 saturated carbocycles. The van der Waals surface area contributed by atoms with Gasteiger partial charge in [-0.15, -0.1) is 0 Å². The van der Waals surface area contributed by atoms with Crippen molar-refractivity contribution in [3.05, 3.63) is 18.2 Å². The third-order valence-corrected chi connectivity index (χ3v) is 3.99. The molecule has 80 valence electrons. The number of nitrogens with zero attached hydrogens (tertiary/aromatic N) is 3. The van der Waals surface area contributed by atoms with Gasteiger partial charge in [-0.3, -0.25) is 0 Å². The van der Waals surface area contributed by atoms with Gasteiger partial charge in [0.15, 0.2) is 0 Å². The molecule has 1 aliphatic carbocycles. The highest BCUT2D eigenvalue weighted by atomic mass is 32.1. The van der Waals surface area contributed by atoms with E-state index in [9.17, 15) is 0 Å². The molecule has 0 bridgehead atoms. The van der Waals surface area contributed by atoms with Crippen LogP contribution in [0, 0.1) is 16.7 Å². The van der Waals surface area contributed by atoms with Crippen LogP contribution in [0.2, 0.25) is 0 Å². The predicted octanol–water partition coefficient (Wildman–Crippen LogP) is 2.24. The lowest BCUT2D eigenvalue weighted by molar-refractivity contribution is 0.289. The van der Waals surface area contributed by atoms with Crippen molar-refractivity contribution in [3.8, 4) is 6.07 Å². The Labute approximate surface area is 95.5 Å². The van der Waals surface area contributed by atoms with Crippen LogP contribution in [0.25, 0.3) is 0 Å². The summed E-state index contributed by atoms with van der Waals surface area (Å²) >= 11 is 4.46. The SMILES string of the molecule is N#Cc1nccn1CC1(CS)CCCC1. The van der Waals surface area contributed by atoms with E-state index in [1.165, 1.54) is 25.7 Å². The standard InChI is InChI=1S/C11H15N3S/c12-7-10-13-5-6-14(10)8-11(9-15)3-1-2-4-11/h5-6,15H,1-4,8-9H2. The molecule has 4 heteroatoms. The zero-order chi connectivity index (χ0) is 10.7. The Bertz CT molecular complexity index is 371. The van der Waals surface area contributed by atoms with E-state index in [4.69, 9.17) is 5.26 Å². The third-order valence-electron chi connectivity index (χ3n) is 3.32. The van der Waals surface area contributed by atoms with Gasteiger partial charge in [-0.25, -0.2) is 4.98 Å². The lowest BCUT2D eigenvalue weighted by Crippen LogP contribution is -2.25. The van der Waals surface area contributed by atoms with Crippen LogP contribution in [0.1, 0.15) is 31.5 Å². The van der Waals surface area contributed by atoms with Gasteiger partial charge in [-0.05, 0) is 24.0 Å². The highest BCUT2D eigenvalue weighted by Crippen LogP contribution is 2.40. The molecule has 0 unspecified atom stereocenters. The smallest absolute Gasteiger partial charge is 0.212 e. The maximum absolute atomic E-state index is 8.89. The topological polar surface area (TPSA) is 41.6 Å². The number of hydrogen-bond donors (Lipinski definition) is 1. The summed E-state index contributed by atoms with van der Waals surface area (Å²) in [5.41, 5.74) is 0.287. The molecule has 2 rings (SSSR count). The summed E-state index contributed by atoms with van der Waals surface area (Å²) in [7, 11) is 0. The van der Waals surface area contributed by atoms with E-state index in [1.807, 2.05) is 10.8 Å². The number of imidazole rings is 1. The maximum Gasteiger partial charge on any atom is 0.212 e. The van der Waals surface area contributed by atoms with E-state index in [0.29, 0.717) is 5.82 Å². The second kappa shape index (κ2) is 4.28. The minimum absolute atomic E-state index is 0.287. The average Bonchev–Trinajstić information content (AvgIpc) is 2.88. The van der Waals surface area contributed by atoms with Crippen molar-refractivity contribution in [1.29, 1.82) is 5.26 Å². The first-order chi connectivity index (χ1) is 7.29. The molecule has 0 saturated heterocycles. The van der Waals surface area contributed by atoms with Crippen molar-refractivity contribution < 1.29 is 0 Å². The van der Waals surface area contributed by atoms with Gasteiger partial charge in [0.1, 0.15) is 6.07 Å². The second-order valence-electron chi connectivity index (χ2n) is 4.36. The molecule has 3 nitrogen and oxygen atoms in total. The molecule has 0 aromatic carbocycles. The zero-order valence-electron chi connectivity index (χ0n) is 8.69. The van der Waals surface area contributed by atoms with E-state index in [0.717, 1.165) is 12.3 Å². The van der Waals surface area contributed by atoms with Crippen LogP contribution in [0.15, 0.2) is 12.4 Å². The highest BCUT2D eigenvalue weighted by molar-refractivity contribution is 7.80. The Morgan fingerprint density at radius 2 is 2.27 bits per heavy atom. The lowest BCUT2D eigenvalue weighted by Gasteiger charge is -2.27. The second-order valence-corrected chi connectivity index (χ2v) is 4.67. The van der Waals surface area contributed by atoms with Crippen LogP contribution in [0.5, 0.6) is 0 Å². The first-order valence-electron chi connectivity index (χ1n) is 5.32. The lowest BCUT2D eigenvalue weighted by atomic mass is 9.88. The van der Waals surface area contributed by atoms with E-state index >= 15 is 0 Å². The number of aromatic nitrogens is 2. The Hall–Kier alpha value is -0.950. The summed E-state index contributed by atoms with van der Waals surface area (Å²) in [5.74, 6) is 1.42. The largest absolute Gasteiger partial charge is 0.322 e. The maximum atomic E-state index is 8.89. The summed E-state index contributed by atoms with van der Waals surface area (Å²) in [6.45, 7) is 0.888. The fourth-order valence-electron chi connectivity index (χ4n) is 2.40. The molecule has 1 fully saturated rings. The van der Waals surface area contributed by atoms with Crippen molar-refractivity contribution in [2.75, 3.05) is 5.75 Å². The van der Waals surface area contributed by atoms with Gasteiger partial charge in [0.25, 0.3) is 0 Å². The number of rotatable bonds is 3. The van der Waals surface area contributed by atoms with Crippen LogP contribution < -0.4 is 0 Å². The molecular weight excluding hydrogens is 206 g/mol. The molecule has 0 amide bonds. The van der Waals surface area contributed by atoms with Crippen LogP contribution in [0.3, 0.4) is 0 Å². The molecule has 1 heterocycles. The molecule has 0 aliphatic heterocycles. The minimum Gasteiger partial charge on any atom is -0.322 e. The van der Waals surface area contributed by atoms with Crippen LogP contribution in [-0.4, -0.2) is 15.3 Å². The third kappa shape index (κ3) is 2.03. The van der Waals surface area contributed by atoms with Gasteiger partial charge in [0.2, 0.25) is 5.82 Å². The summed E-state index contributed by atoms with van der Waals surface area (Å²) in [6, 6.07) is 2.12. The molecule has 0 atom stereocenters. The van der Waals surface area contributed by atoms with E-state index in [2.05, 4.69) is 23.7 Å². The van der Waals surface area contributed by atoms with Gasteiger partial charge in [-0.2, -0.15) is 17.9 Å². The zero-order valence-corrected chi connectivity index (χ0v) is 9.58. The average molecular weight is 221 g/mol. The van der Waals surface area contributed by atoms with Crippen LogP contribution in [0.4, 0.5) is 0 Å². The fourth-order valence-corrected chi connectivity index (χ4v) is 2.82. The summed E-state index contributed by atoms with van der Waals surface area (Å²) in [4.78, 5) is 4.02. The first kappa shape index (κ1) is 10.6. The molecule has 0 spiro atoms. The van der Waals surface area contributed by atoms with Gasteiger partial charge >= 0.3 is 0 Å². The van der Waals surface area contributed by atoms with E-state index in [1.54, 1.807) is 6.20 Å². The van der Waals surface area contributed by atoms with Gasteiger partial charge < -0.3 is 4.57 Å². The minimum atomic E-state index is 0.287. The first-order valence-corrected chi connectivity index (χ1v) is 5.95. The van der Waals surface area contributed by atoms with Crippen molar-refractivity contribution >= 4 is 12.6 Å². The Kier molecular flexibility index (Phi) is 3.01. The number of hydrogen-bond acceptors (Lipinski definition) is 3. The molecule has 0 N–H and O–H groups in total. The van der Waals surface area contributed by atoms with Crippen LogP contribution in [-0.2, 0) is 6.54 Å². The van der Waals surface area contributed by atoms with Crippen molar-refractivity contribution in [2.24, 2.45) is 5.41 Å². The Morgan fingerprint density at radius 3 is 2.87 bits per heavy atom. The Balaban J connectivity index is 2.17. The van der Waals surface area contributed by atoms with Crippen molar-refractivity contribution in [3.63, 3.8) is 0 Å². The van der Waals surface area contributed by atoms with E-state index < -0.39 is 0 Å². The summed E-state index contributed by atoms with van der Waals surface area (Å²) in [6.07, 6.45) is 8.61. The van der Waals surface area contributed by atoms with E-state index in [-0.39, 0.29) is 5.41 Å². The molecule has 1 aromatic heterocycles. The van der Waals surface area contributed by atoms with Crippen molar-refractivity contribution in [1.82, 2.24) is 9.55 Å². The molecule has 15 heavy (non-hydrogen) atoms. The van der Waals surface area contributed by atoms with Crippen LogP contribution >= 0.6 is 12.6 Å². The Morgan fingerprint density at radius 1 is 1.53 bits per heavy atom. The number of thiol groups is 1. The summed E-state index contributed by atoms with van der Waals surface area (Å²) in [5, 5.41) is 8.89. The normalized spacial score (nSPS) is 18.9. The highest BCUT2D eigenvalue weighted by Gasteiger charge is 2.33. The van der Waals surface area contributed by atoms with Gasteiger partial charge in [-0.1, -0.05) is 12.8 Å². The van der Waals surface area contributed by atoms with Gasteiger partial charge in [0.05, 0.1) is 0 Å². The molecular formula is C11H15N3S. The fraction of sp³-hybridized carbons (Fsp3) is 0.636. The van der Waals surface area contributed by atoms with Gasteiger partial charge in [0, 0.05) is 18.9 Å². The quantitative estimate of drug-likeness (QED) is 0.795. The predicted molar refractivity (Wildman–Crippen MR) is 61.7 cm³/mol. The molecule has 0 radical (unpaired) electrons. The van der Waals surface area contributed by atoms with Crippen molar-refractivity contribution in [2.45, 2.75) is 32.2 Å². The monoisotopic (exact) mass is 221 g/mol. The molecule has 1 aliphatic rings.